The summed E-state index contributed by atoms with van der Waals surface area (Å²) in [6.45, 7) is 5.21. The van der Waals surface area contributed by atoms with Gasteiger partial charge in [-0.2, -0.15) is 0 Å². The summed E-state index contributed by atoms with van der Waals surface area (Å²) in [7, 11) is 0. The predicted molar refractivity (Wildman–Crippen MR) is 95.8 cm³/mol. The third-order valence-electron chi connectivity index (χ3n) is 4.85. The molecule has 6 heteroatoms. The average Bonchev–Trinajstić information content (AvgIpc) is 2.86. The maximum Gasteiger partial charge on any atom is 0.239 e. The molecule has 0 saturated carbocycles. The van der Waals surface area contributed by atoms with Gasteiger partial charge in [-0.1, -0.05) is 18.6 Å². The highest BCUT2D eigenvalue weighted by Gasteiger charge is 2.32. The lowest BCUT2D eigenvalue weighted by Gasteiger charge is -2.37. The number of amides is 1. The van der Waals surface area contributed by atoms with Crippen molar-refractivity contribution in [2.24, 2.45) is 0 Å². The Kier molecular flexibility index (Phi) is 7.46. The van der Waals surface area contributed by atoms with E-state index in [9.17, 15) is 9.18 Å². The molecule has 2 saturated heterocycles. The van der Waals surface area contributed by atoms with Gasteiger partial charge in [-0.15, -0.1) is 12.4 Å². The highest BCUT2D eigenvalue weighted by atomic mass is 35.5. The summed E-state index contributed by atoms with van der Waals surface area (Å²) < 4.78 is 13.1. The summed E-state index contributed by atoms with van der Waals surface area (Å²) in [5.41, 5.74) is 1.07. The Morgan fingerprint density at radius 1 is 1.08 bits per heavy atom. The maximum absolute atomic E-state index is 13.1. The number of piperidine rings is 1. The number of carbonyl (C=O) groups excluding carboxylic acids is 1. The molecule has 1 N–H and O–H groups in total. The third kappa shape index (κ3) is 4.91. The average molecular weight is 356 g/mol. The van der Waals surface area contributed by atoms with Gasteiger partial charge in [-0.25, -0.2) is 4.39 Å². The zero-order valence-corrected chi connectivity index (χ0v) is 14.9. The number of nitrogens with zero attached hydrogens (tertiary/aromatic N) is 2. The van der Waals surface area contributed by atoms with Crippen molar-refractivity contribution in [1.82, 2.24) is 15.1 Å². The summed E-state index contributed by atoms with van der Waals surface area (Å²) in [6, 6.07) is 6.61. The van der Waals surface area contributed by atoms with Gasteiger partial charge in [0.1, 0.15) is 5.82 Å². The van der Waals surface area contributed by atoms with Crippen LogP contribution in [0.25, 0.3) is 0 Å². The Bertz CT molecular complexity index is 518. The normalized spacial score (nSPS) is 22.5. The first kappa shape index (κ1) is 19.2. The highest BCUT2D eigenvalue weighted by molar-refractivity contribution is 5.85. The minimum atomic E-state index is -0.211. The van der Waals surface area contributed by atoms with Crippen LogP contribution in [0.5, 0.6) is 0 Å². The van der Waals surface area contributed by atoms with Gasteiger partial charge in [-0.3, -0.25) is 9.69 Å². The van der Waals surface area contributed by atoms with Crippen LogP contribution in [0, 0.1) is 5.82 Å². The third-order valence-corrected chi connectivity index (χ3v) is 4.85. The molecule has 1 aromatic rings. The van der Waals surface area contributed by atoms with Gasteiger partial charge in [-0.05, 0) is 50.0 Å². The number of hydrogen-bond acceptors (Lipinski definition) is 3. The lowest BCUT2D eigenvalue weighted by atomic mass is 9.99. The van der Waals surface area contributed by atoms with Crippen molar-refractivity contribution in [3.05, 3.63) is 35.6 Å². The van der Waals surface area contributed by atoms with Crippen molar-refractivity contribution in [3.8, 4) is 0 Å². The van der Waals surface area contributed by atoms with Crippen LogP contribution in [0.1, 0.15) is 31.2 Å². The van der Waals surface area contributed by atoms with Crippen LogP contribution in [0.15, 0.2) is 24.3 Å². The van der Waals surface area contributed by atoms with Crippen LogP contribution in [-0.4, -0.2) is 54.5 Å². The molecule has 1 aromatic carbocycles. The Labute approximate surface area is 149 Å². The van der Waals surface area contributed by atoms with Gasteiger partial charge < -0.3 is 10.2 Å². The summed E-state index contributed by atoms with van der Waals surface area (Å²) in [5, 5.41) is 3.35. The number of rotatable bonds is 3. The predicted octanol–water partition coefficient (Wildman–Crippen LogP) is 2.42. The molecule has 0 bridgehead atoms. The van der Waals surface area contributed by atoms with E-state index in [0.29, 0.717) is 0 Å². The fourth-order valence-electron chi connectivity index (χ4n) is 3.56. The SMILES string of the molecule is Cl.O=C(C1CCCCN1Cc1ccc(F)cc1)N1CCCNCC1. The largest absolute Gasteiger partial charge is 0.340 e. The fraction of sp³-hybridized carbons (Fsp3) is 0.611. The molecule has 1 amide bonds. The number of halogens is 2. The van der Waals surface area contributed by atoms with Gasteiger partial charge in [0.25, 0.3) is 0 Å². The smallest absolute Gasteiger partial charge is 0.239 e. The van der Waals surface area contributed by atoms with E-state index in [-0.39, 0.29) is 30.2 Å². The molecule has 0 aromatic heterocycles. The van der Waals surface area contributed by atoms with E-state index in [4.69, 9.17) is 0 Å². The fourth-order valence-corrected chi connectivity index (χ4v) is 3.56. The van der Waals surface area contributed by atoms with Gasteiger partial charge >= 0.3 is 0 Å². The molecule has 2 aliphatic rings. The maximum atomic E-state index is 13.1. The van der Waals surface area contributed by atoms with E-state index < -0.39 is 0 Å². The zero-order chi connectivity index (χ0) is 16.1. The van der Waals surface area contributed by atoms with Crippen LogP contribution in [0.3, 0.4) is 0 Å². The van der Waals surface area contributed by atoms with Crippen LogP contribution < -0.4 is 5.32 Å². The standard InChI is InChI=1S/C18H26FN3O.ClH/c19-16-7-5-15(6-8-16)14-22-11-2-1-4-17(22)18(23)21-12-3-9-20-10-13-21;/h5-8,17,20H,1-4,9-14H2;1H. The second-order valence-electron chi connectivity index (χ2n) is 6.54. The molecule has 0 spiro atoms. The number of carbonyl (C=O) groups is 1. The first-order chi connectivity index (χ1) is 11.2. The van der Waals surface area contributed by atoms with Crippen LogP contribution in [0.4, 0.5) is 4.39 Å². The van der Waals surface area contributed by atoms with Crippen molar-refractivity contribution >= 4 is 18.3 Å². The second-order valence-corrected chi connectivity index (χ2v) is 6.54. The molecule has 2 aliphatic heterocycles. The number of nitrogens with one attached hydrogen (secondary N) is 1. The first-order valence-electron chi connectivity index (χ1n) is 8.72. The van der Waals surface area contributed by atoms with Crippen molar-refractivity contribution in [2.45, 2.75) is 38.3 Å². The van der Waals surface area contributed by atoms with Crippen molar-refractivity contribution in [2.75, 3.05) is 32.7 Å². The van der Waals surface area contributed by atoms with E-state index in [1.165, 1.54) is 12.1 Å². The van der Waals surface area contributed by atoms with E-state index in [1.54, 1.807) is 0 Å². The van der Waals surface area contributed by atoms with E-state index in [0.717, 1.165) is 70.5 Å². The molecule has 0 aliphatic carbocycles. The number of benzene rings is 1. The minimum Gasteiger partial charge on any atom is -0.340 e. The number of hydrogen-bond donors (Lipinski definition) is 1. The lowest BCUT2D eigenvalue weighted by Crippen LogP contribution is -2.51. The highest BCUT2D eigenvalue weighted by Crippen LogP contribution is 2.22. The first-order valence-corrected chi connectivity index (χ1v) is 8.72. The topological polar surface area (TPSA) is 35.6 Å². The summed E-state index contributed by atoms with van der Waals surface area (Å²) in [4.78, 5) is 17.3. The second kappa shape index (κ2) is 9.35. The lowest BCUT2D eigenvalue weighted by molar-refractivity contribution is -0.138. The Morgan fingerprint density at radius 2 is 1.88 bits per heavy atom. The van der Waals surface area contributed by atoms with Crippen LogP contribution >= 0.6 is 12.4 Å². The van der Waals surface area contributed by atoms with Crippen molar-refractivity contribution in [1.29, 1.82) is 0 Å². The quantitative estimate of drug-likeness (QED) is 0.904. The van der Waals surface area contributed by atoms with Crippen LogP contribution in [-0.2, 0) is 11.3 Å². The molecular formula is C18H27ClFN3O. The molecule has 0 radical (unpaired) electrons. The summed E-state index contributed by atoms with van der Waals surface area (Å²) >= 11 is 0. The molecule has 134 valence electrons. The Morgan fingerprint density at radius 3 is 2.67 bits per heavy atom. The number of likely N-dealkylation sites (tertiary alicyclic amines) is 1. The zero-order valence-electron chi connectivity index (χ0n) is 14.0. The molecular weight excluding hydrogens is 329 g/mol. The van der Waals surface area contributed by atoms with Crippen molar-refractivity contribution in [3.63, 3.8) is 0 Å². The summed E-state index contributed by atoms with van der Waals surface area (Å²) in [6.07, 6.45) is 4.20. The molecule has 1 unspecified atom stereocenters. The molecule has 4 nitrogen and oxygen atoms in total. The monoisotopic (exact) mass is 355 g/mol. The van der Waals surface area contributed by atoms with Crippen molar-refractivity contribution < 1.29 is 9.18 Å². The van der Waals surface area contributed by atoms with E-state index in [1.807, 2.05) is 17.0 Å². The molecule has 3 rings (SSSR count). The van der Waals surface area contributed by atoms with Gasteiger partial charge in [0, 0.05) is 26.2 Å². The molecule has 2 fully saturated rings. The van der Waals surface area contributed by atoms with E-state index >= 15 is 0 Å². The molecule has 2 heterocycles. The Hall–Kier alpha value is -1.17. The Balaban J connectivity index is 0.00000208. The molecule has 24 heavy (non-hydrogen) atoms. The van der Waals surface area contributed by atoms with Crippen LogP contribution in [0.2, 0.25) is 0 Å². The van der Waals surface area contributed by atoms with Gasteiger partial charge in [0.2, 0.25) is 5.91 Å². The molecule has 1 atom stereocenters. The van der Waals surface area contributed by atoms with E-state index in [2.05, 4.69) is 10.2 Å². The minimum absolute atomic E-state index is 0. The van der Waals surface area contributed by atoms with Gasteiger partial charge in [0.05, 0.1) is 6.04 Å². The van der Waals surface area contributed by atoms with Gasteiger partial charge in [0.15, 0.2) is 0 Å². The summed E-state index contributed by atoms with van der Waals surface area (Å²) in [5.74, 6) is 0.0626.